The Morgan fingerprint density at radius 2 is 2.29 bits per heavy atom. The molecular weight excluding hydrogens is 280 g/mol. The summed E-state index contributed by atoms with van der Waals surface area (Å²) < 4.78 is 5.24. The van der Waals surface area contributed by atoms with Crippen LogP contribution in [-0.2, 0) is 4.79 Å². The summed E-state index contributed by atoms with van der Waals surface area (Å²) >= 11 is 0. The van der Waals surface area contributed by atoms with E-state index in [1.807, 2.05) is 0 Å². The summed E-state index contributed by atoms with van der Waals surface area (Å²) in [6.07, 6.45) is -0.618. The van der Waals surface area contributed by atoms with Crippen molar-refractivity contribution < 1.29 is 24.7 Å². The molecule has 0 bridgehead atoms. The number of hydrogen-bond acceptors (Lipinski definition) is 6. The molecule has 21 heavy (non-hydrogen) atoms. The van der Waals surface area contributed by atoms with Crippen molar-refractivity contribution in [2.24, 2.45) is 0 Å². The number of nitro groups is 1. The van der Waals surface area contributed by atoms with E-state index < -0.39 is 23.0 Å². The van der Waals surface area contributed by atoms with Crippen LogP contribution in [0.1, 0.15) is 13.3 Å². The molecule has 1 heterocycles. The van der Waals surface area contributed by atoms with Gasteiger partial charge in [-0.1, -0.05) is 0 Å². The SMILES string of the molecule is CCOc1cc(N2CC(O)CC2C(=O)O)ccc1[N+](=O)[O-]. The number of nitro benzene ring substituents is 1. The first-order valence-corrected chi connectivity index (χ1v) is 6.52. The molecule has 2 N–H and O–H groups in total. The van der Waals surface area contributed by atoms with Crippen LogP contribution in [0.3, 0.4) is 0 Å². The quantitative estimate of drug-likeness (QED) is 0.616. The van der Waals surface area contributed by atoms with Crippen LogP contribution < -0.4 is 9.64 Å². The summed E-state index contributed by atoms with van der Waals surface area (Å²) in [4.78, 5) is 23.1. The van der Waals surface area contributed by atoms with Gasteiger partial charge in [0, 0.05) is 30.8 Å². The number of aliphatic hydroxyl groups excluding tert-OH is 1. The molecule has 2 unspecified atom stereocenters. The van der Waals surface area contributed by atoms with Gasteiger partial charge in [0.2, 0.25) is 0 Å². The third-order valence-electron chi connectivity index (χ3n) is 3.34. The zero-order valence-electron chi connectivity index (χ0n) is 11.4. The lowest BCUT2D eigenvalue weighted by molar-refractivity contribution is -0.385. The molecule has 1 fully saturated rings. The van der Waals surface area contributed by atoms with E-state index >= 15 is 0 Å². The second kappa shape index (κ2) is 5.96. The molecule has 1 saturated heterocycles. The summed E-state index contributed by atoms with van der Waals surface area (Å²) in [5, 5.41) is 29.8. The second-order valence-electron chi connectivity index (χ2n) is 4.74. The number of aliphatic hydroxyl groups is 1. The number of β-amino-alcohol motifs (C(OH)–C–C–N with tert-alkyl or cyclic N) is 1. The number of rotatable bonds is 5. The standard InChI is InChI=1S/C13H16N2O6/c1-2-21-12-5-8(3-4-10(12)15(19)20)14-7-9(16)6-11(14)13(17)18/h3-5,9,11,16H,2,6-7H2,1H3,(H,17,18). The Morgan fingerprint density at radius 1 is 1.57 bits per heavy atom. The van der Waals surface area contributed by atoms with Crippen molar-refractivity contribution in [2.75, 3.05) is 18.1 Å². The van der Waals surface area contributed by atoms with Gasteiger partial charge in [0.1, 0.15) is 6.04 Å². The lowest BCUT2D eigenvalue weighted by atomic mass is 10.2. The molecule has 0 aliphatic carbocycles. The van der Waals surface area contributed by atoms with Gasteiger partial charge < -0.3 is 19.8 Å². The van der Waals surface area contributed by atoms with Crippen LogP contribution in [-0.4, -0.2) is 46.4 Å². The van der Waals surface area contributed by atoms with E-state index in [0.717, 1.165) is 0 Å². The monoisotopic (exact) mass is 296 g/mol. The number of carboxylic acid groups (broad SMARTS) is 1. The molecule has 1 aliphatic rings. The van der Waals surface area contributed by atoms with Crippen LogP contribution >= 0.6 is 0 Å². The average Bonchev–Trinajstić information content (AvgIpc) is 2.81. The summed E-state index contributed by atoms with van der Waals surface area (Å²) in [6, 6.07) is 3.34. The smallest absolute Gasteiger partial charge is 0.326 e. The molecule has 8 heteroatoms. The molecule has 0 spiro atoms. The van der Waals surface area contributed by atoms with Crippen molar-refractivity contribution in [3.05, 3.63) is 28.3 Å². The lowest BCUT2D eigenvalue weighted by Gasteiger charge is -2.23. The van der Waals surface area contributed by atoms with Gasteiger partial charge >= 0.3 is 11.7 Å². The van der Waals surface area contributed by atoms with Gasteiger partial charge in [0.25, 0.3) is 0 Å². The van der Waals surface area contributed by atoms with Crippen molar-refractivity contribution in [1.82, 2.24) is 0 Å². The van der Waals surface area contributed by atoms with E-state index in [9.17, 15) is 25.1 Å². The molecule has 1 aromatic carbocycles. The van der Waals surface area contributed by atoms with E-state index in [4.69, 9.17) is 4.74 Å². The fraction of sp³-hybridized carbons (Fsp3) is 0.462. The number of nitrogens with zero attached hydrogens (tertiary/aromatic N) is 2. The Bertz CT molecular complexity index is 562. The molecule has 0 radical (unpaired) electrons. The van der Waals surface area contributed by atoms with Crippen molar-refractivity contribution in [3.8, 4) is 5.75 Å². The van der Waals surface area contributed by atoms with E-state index in [1.54, 1.807) is 6.92 Å². The van der Waals surface area contributed by atoms with Gasteiger partial charge in [-0.2, -0.15) is 0 Å². The topological polar surface area (TPSA) is 113 Å². The number of hydrogen-bond donors (Lipinski definition) is 2. The number of benzene rings is 1. The number of carbonyl (C=O) groups is 1. The third-order valence-corrected chi connectivity index (χ3v) is 3.34. The highest BCUT2D eigenvalue weighted by atomic mass is 16.6. The average molecular weight is 296 g/mol. The first-order valence-electron chi connectivity index (χ1n) is 6.52. The first kappa shape index (κ1) is 15.0. The molecular formula is C13H16N2O6. The van der Waals surface area contributed by atoms with Crippen molar-refractivity contribution >= 4 is 17.3 Å². The van der Waals surface area contributed by atoms with Crippen molar-refractivity contribution in [1.29, 1.82) is 0 Å². The first-order chi connectivity index (χ1) is 9.93. The maximum atomic E-state index is 11.2. The number of carboxylic acids is 1. The zero-order valence-corrected chi connectivity index (χ0v) is 11.4. The number of aliphatic carboxylic acids is 1. The van der Waals surface area contributed by atoms with Crippen molar-refractivity contribution in [2.45, 2.75) is 25.5 Å². The van der Waals surface area contributed by atoms with E-state index in [2.05, 4.69) is 0 Å². The minimum absolute atomic E-state index is 0.0885. The summed E-state index contributed by atoms with van der Waals surface area (Å²) in [6.45, 7) is 2.13. The second-order valence-corrected chi connectivity index (χ2v) is 4.74. The van der Waals surface area contributed by atoms with Crippen molar-refractivity contribution in [3.63, 3.8) is 0 Å². The fourth-order valence-electron chi connectivity index (χ4n) is 2.44. The predicted octanol–water partition coefficient (Wildman–Crippen LogP) is 1.02. The van der Waals surface area contributed by atoms with Crippen LogP contribution in [0.5, 0.6) is 5.75 Å². The molecule has 2 rings (SSSR count). The largest absolute Gasteiger partial charge is 0.487 e. The number of ether oxygens (including phenoxy) is 1. The van der Waals surface area contributed by atoms with E-state index in [1.165, 1.54) is 23.1 Å². The van der Waals surface area contributed by atoms with Crippen LogP contribution in [0.15, 0.2) is 18.2 Å². The Morgan fingerprint density at radius 3 is 2.86 bits per heavy atom. The maximum Gasteiger partial charge on any atom is 0.326 e. The molecule has 0 aromatic heterocycles. The van der Waals surface area contributed by atoms with Gasteiger partial charge in [0.15, 0.2) is 5.75 Å². The Kier molecular flexibility index (Phi) is 4.27. The van der Waals surface area contributed by atoms with Crippen LogP contribution in [0.4, 0.5) is 11.4 Å². The summed E-state index contributed by atoms with van der Waals surface area (Å²) in [5.74, 6) is -0.951. The number of anilines is 1. The normalized spacial score (nSPS) is 21.3. The van der Waals surface area contributed by atoms with Crippen LogP contribution in [0, 0.1) is 10.1 Å². The predicted molar refractivity (Wildman–Crippen MR) is 73.7 cm³/mol. The molecule has 1 aromatic rings. The maximum absolute atomic E-state index is 11.2. The highest BCUT2D eigenvalue weighted by Gasteiger charge is 2.36. The Balaban J connectivity index is 2.37. The fourth-order valence-corrected chi connectivity index (χ4v) is 2.44. The minimum atomic E-state index is -1.04. The van der Waals surface area contributed by atoms with Gasteiger partial charge in [-0.05, 0) is 13.0 Å². The zero-order chi connectivity index (χ0) is 15.6. The Labute approximate surface area is 120 Å². The molecule has 0 amide bonds. The molecule has 8 nitrogen and oxygen atoms in total. The van der Waals surface area contributed by atoms with Gasteiger partial charge in [-0.3, -0.25) is 10.1 Å². The van der Waals surface area contributed by atoms with E-state index in [-0.39, 0.29) is 31.0 Å². The molecule has 0 saturated carbocycles. The third kappa shape index (κ3) is 3.05. The van der Waals surface area contributed by atoms with Crippen LogP contribution in [0.25, 0.3) is 0 Å². The summed E-state index contributed by atoms with van der Waals surface area (Å²) in [7, 11) is 0. The van der Waals surface area contributed by atoms with E-state index in [0.29, 0.717) is 5.69 Å². The molecule has 1 aliphatic heterocycles. The van der Waals surface area contributed by atoms with Gasteiger partial charge in [0.05, 0.1) is 17.6 Å². The minimum Gasteiger partial charge on any atom is -0.487 e. The van der Waals surface area contributed by atoms with Crippen LogP contribution in [0.2, 0.25) is 0 Å². The Hall–Kier alpha value is -2.35. The molecule has 114 valence electrons. The molecule has 2 atom stereocenters. The highest BCUT2D eigenvalue weighted by molar-refractivity contribution is 5.79. The lowest BCUT2D eigenvalue weighted by Crippen LogP contribution is -2.35. The summed E-state index contributed by atoms with van der Waals surface area (Å²) in [5.41, 5.74) is 0.306. The van der Waals surface area contributed by atoms with Gasteiger partial charge in [-0.25, -0.2) is 4.79 Å². The van der Waals surface area contributed by atoms with Gasteiger partial charge in [-0.15, -0.1) is 0 Å². The highest BCUT2D eigenvalue weighted by Crippen LogP contribution is 2.34.